The van der Waals surface area contributed by atoms with Crippen molar-refractivity contribution in [2.24, 2.45) is 4.99 Å². The highest BCUT2D eigenvalue weighted by atomic mass is 16.5. The lowest BCUT2D eigenvalue weighted by Crippen LogP contribution is -2.37. The second kappa shape index (κ2) is 13.8. The van der Waals surface area contributed by atoms with E-state index in [-0.39, 0.29) is 0 Å². The van der Waals surface area contributed by atoms with Crippen LogP contribution in [0.1, 0.15) is 24.5 Å². The molecular formula is C18H31N3O3. The molecule has 0 aliphatic heterocycles. The van der Waals surface area contributed by atoms with Crippen LogP contribution in [-0.4, -0.2) is 53.1 Å². The molecule has 0 saturated carbocycles. The van der Waals surface area contributed by atoms with Gasteiger partial charge in [0.2, 0.25) is 0 Å². The Kier molecular flexibility index (Phi) is 11.7. The summed E-state index contributed by atoms with van der Waals surface area (Å²) in [7, 11) is 3.45. The molecule has 1 aromatic rings. The van der Waals surface area contributed by atoms with Gasteiger partial charge in [-0.15, -0.1) is 0 Å². The molecule has 0 heterocycles. The van der Waals surface area contributed by atoms with Crippen LogP contribution in [0, 0.1) is 0 Å². The summed E-state index contributed by atoms with van der Waals surface area (Å²) in [5.74, 6) is 0.797. The number of methoxy groups -OCH3 is 1. The van der Waals surface area contributed by atoms with Gasteiger partial charge in [0, 0.05) is 40.5 Å². The molecule has 0 bridgehead atoms. The molecule has 6 nitrogen and oxygen atoms in total. The minimum atomic E-state index is 0.639. The third kappa shape index (κ3) is 9.50. The van der Waals surface area contributed by atoms with Crippen molar-refractivity contribution in [1.82, 2.24) is 10.6 Å². The normalized spacial score (nSPS) is 11.5. The molecule has 0 atom stereocenters. The number of hydrogen-bond acceptors (Lipinski definition) is 4. The Hall–Kier alpha value is -1.63. The van der Waals surface area contributed by atoms with E-state index in [0.29, 0.717) is 26.4 Å². The average molecular weight is 337 g/mol. The minimum absolute atomic E-state index is 0.639. The number of hydrogen-bond donors (Lipinski definition) is 2. The van der Waals surface area contributed by atoms with Gasteiger partial charge < -0.3 is 24.8 Å². The first-order chi connectivity index (χ1) is 11.8. The van der Waals surface area contributed by atoms with Gasteiger partial charge in [0.25, 0.3) is 0 Å². The Balaban J connectivity index is 2.19. The molecule has 0 aliphatic carbocycles. The number of nitrogens with one attached hydrogen (secondary N) is 2. The Morgan fingerprint density at radius 1 is 1.00 bits per heavy atom. The average Bonchev–Trinajstić information content (AvgIpc) is 2.62. The van der Waals surface area contributed by atoms with E-state index in [2.05, 4.69) is 39.9 Å². The Morgan fingerprint density at radius 2 is 1.75 bits per heavy atom. The highest BCUT2D eigenvalue weighted by Crippen LogP contribution is 2.05. The Morgan fingerprint density at radius 3 is 2.42 bits per heavy atom. The summed E-state index contributed by atoms with van der Waals surface area (Å²) in [6, 6.07) is 8.41. The molecule has 0 aliphatic rings. The maximum Gasteiger partial charge on any atom is 0.191 e. The number of benzene rings is 1. The fraction of sp³-hybridized carbons (Fsp3) is 0.611. The third-order valence-electron chi connectivity index (χ3n) is 3.37. The zero-order chi connectivity index (χ0) is 17.5. The second-order valence-electron chi connectivity index (χ2n) is 5.26. The molecule has 24 heavy (non-hydrogen) atoms. The Labute approximate surface area is 145 Å². The largest absolute Gasteiger partial charge is 0.382 e. The smallest absolute Gasteiger partial charge is 0.191 e. The SMILES string of the molecule is CCOCc1ccc(CNC(=NC)NCCCOCCOC)cc1. The van der Waals surface area contributed by atoms with E-state index in [1.807, 2.05) is 6.92 Å². The van der Waals surface area contributed by atoms with Crippen molar-refractivity contribution in [2.45, 2.75) is 26.5 Å². The van der Waals surface area contributed by atoms with Gasteiger partial charge in [-0.05, 0) is 24.5 Å². The summed E-state index contributed by atoms with van der Waals surface area (Å²) in [6.45, 7) is 6.96. The van der Waals surface area contributed by atoms with Crippen LogP contribution in [0.4, 0.5) is 0 Å². The fourth-order valence-electron chi connectivity index (χ4n) is 2.00. The number of guanidine groups is 1. The molecular weight excluding hydrogens is 306 g/mol. The third-order valence-corrected chi connectivity index (χ3v) is 3.37. The van der Waals surface area contributed by atoms with Crippen LogP contribution in [0.3, 0.4) is 0 Å². The molecule has 6 heteroatoms. The summed E-state index contributed by atoms with van der Waals surface area (Å²) < 4.78 is 15.7. The monoisotopic (exact) mass is 337 g/mol. The van der Waals surface area contributed by atoms with Crippen molar-refractivity contribution < 1.29 is 14.2 Å². The van der Waals surface area contributed by atoms with Crippen LogP contribution < -0.4 is 10.6 Å². The molecule has 0 amide bonds. The molecule has 0 aromatic heterocycles. The predicted octanol–water partition coefficient (Wildman–Crippen LogP) is 1.94. The van der Waals surface area contributed by atoms with Crippen molar-refractivity contribution in [3.8, 4) is 0 Å². The fourth-order valence-corrected chi connectivity index (χ4v) is 2.00. The summed E-state index contributed by atoms with van der Waals surface area (Å²) in [5.41, 5.74) is 2.40. The van der Waals surface area contributed by atoms with Crippen molar-refractivity contribution in [2.75, 3.05) is 47.1 Å². The van der Waals surface area contributed by atoms with Crippen LogP contribution in [0.2, 0.25) is 0 Å². The van der Waals surface area contributed by atoms with Gasteiger partial charge in [0.05, 0.1) is 19.8 Å². The molecule has 1 rings (SSSR count). The zero-order valence-corrected chi connectivity index (χ0v) is 15.1. The maximum absolute atomic E-state index is 5.42. The van der Waals surface area contributed by atoms with Gasteiger partial charge in [-0.3, -0.25) is 4.99 Å². The topological polar surface area (TPSA) is 64.1 Å². The van der Waals surface area contributed by atoms with E-state index < -0.39 is 0 Å². The maximum atomic E-state index is 5.42. The lowest BCUT2D eigenvalue weighted by atomic mass is 10.1. The summed E-state index contributed by atoms with van der Waals surface area (Å²) >= 11 is 0. The molecule has 136 valence electrons. The lowest BCUT2D eigenvalue weighted by Gasteiger charge is -2.12. The number of aliphatic imine (C=N–C) groups is 1. The first-order valence-corrected chi connectivity index (χ1v) is 8.47. The molecule has 0 unspecified atom stereocenters. The van der Waals surface area contributed by atoms with Gasteiger partial charge in [-0.25, -0.2) is 0 Å². The standard InChI is InChI=1S/C18H31N3O3/c1-4-23-15-17-8-6-16(7-9-17)14-21-18(19-2)20-10-5-11-24-13-12-22-3/h6-9H,4-5,10-15H2,1-3H3,(H2,19,20,21). The molecule has 2 N–H and O–H groups in total. The number of nitrogens with zero attached hydrogens (tertiary/aromatic N) is 1. The quantitative estimate of drug-likeness (QED) is 0.347. The highest BCUT2D eigenvalue weighted by Gasteiger charge is 1.99. The molecule has 0 spiro atoms. The van der Waals surface area contributed by atoms with E-state index in [4.69, 9.17) is 14.2 Å². The summed E-state index contributed by atoms with van der Waals surface area (Å²) in [4.78, 5) is 4.22. The predicted molar refractivity (Wildman–Crippen MR) is 97.3 cm³/mol. The molecule has 1 aromatic carbocycles. The van der Waals surface area contributed by atoms with Crippen molar-refractivity contribution in [3.05, 3.63) is 35.4 Å². The van der Waals surface area contributed by atoms with E-state index in [1.54, 1.807) is 14.2 Å². The van der Waals surface area contributed by atoms with E-state index in [1.165, 1.54) is 11.1 Å². The first kappa shape index (κ1) is 20.4. The van der Waals surface area contributed by atoms with Crippen LogP contribution in [0.15, 0.2) is 29.3 Å². The van der Waals surface area contributed by atoms with Crippen LogP contribution in [-0.2, 0) is 27.4 Å². The van der Waals surface area contributed by atoms with Gasteiger partial charge in [0.1, 0.15) is 0 Å². The van der Waals surface area contributed by atoms with Gasteiger partial charge in [-0.1, -0.05) is 24.3 Å². The van der Waals surface area contributed by atoms with Crippen molar-refractivity contribution >= 4 is 5.96 Å². The van der Waals surface area contributed by atoms with Crippen LogP contribution >= 0.6 is 0 Å². The van der Waals surface area contributed by atoms with Gasteiger partial charge in [0.15, 0.2) is 5.96 Å². The first-order valence-electron chi connectivity index (χ1n) is 8.47. The van der Waals surface area contributed by atoms with E-state index in [9.17, 15) is 0 Å². The van der Waals surface area contributed by atoms with Crippen LogP contribution in [0.25, 0.3) is 0 Å². The molecule has 0 saturated heterocycles. The lowest BCUT2D eigenvalue weighted by molar-refractivity contribution is 0.0698. The zero-order valence-electron chi connectivity index (χ0n) is 15.1. The van der Waals surface area contributed by atoms with E-state index in [0.717, 1.165) is 32.1 Å². The summed E-state index contributed by atoms with van der Waals surface area (Å²) in [6.07, 6.45) is 0.927. The van der Waals surface area contributed by atoms with Crippen molar-refractivity contribution in [1.29, 1.82) is 0 Å². The van der Waals surface area contributed by atoms with Gasteiger partial charge in [-0.2, -0.15) is 0 Å². The van der Waals surface area contributed by atoms with E-state index >= 15 is 0 Å². The Bertz CT molecular complexity index is 449. The highest BCUT2D eigenvalue weighted by molar-refractivity contribution is 5.79. The second-order valence-corrected chi connectivity index (χ2v) is 5.26. The number of ether oxygens (including phenoxy) is 3. The minimum Gasteiger partial charge on any atom is -0.382 e. The molecule has 0 radical (unpaired) electrons. The summed E-state index contributed by atoms with van der Waals surface area (Å²) in [5, 5.41) is 6.58. The number of rotatable bonds is 12. The van der Waals surface area contributed by atoms with Gasteiger partial charge >= 0.3 is 0 Å². The molecule has 0 fully saturated rings. The van der Waals surface area contributed by atoms with Crippen LogP contribution in [0.5, 0.6) is 0 Å². The van der Waals surface area contributed by atoms with Crippen molar-refractivity contribution in [3.63, 3.8) is 0 Å².